The van der Waals surface area contributed by atoms with Crippen LogP contribution in [0.4, 0.5) is 0 Å². The summed E-state index contributed by atoms with van der Waals surface area (Å²) in [6, 6.07) is 5.13. The van der Waals surface area contributed by atoms with Gasteiger partial charge in [0.1, 0.15) is 5.75 Å². The van der Waals surface area contributed by atoms with Gasteiger partial charge in [-0.3, -0.25) is 0 Å². The van der Waals surface area contributed by atoms with Gasteiger partial charge in [-0.1, -0.05) is 39.1 Å². The van der Waals surface area contributed by atoms with Gasteiger partial charge < -0.3 is 4.74 Å². The van der Waals surface area contributed by atoms with Crippen molar-refractivity contribution in [1.29, 1.82) is 0 Å². The molecule has 1 aromatic heterocycles. The van der Waals surface area contributed by atoms with Gasteiger partial charge in [0.05, 0.1) is 5.02 Å². The van der Waals surface area contributed by atoms with Crippen LogP contribution in [0.15, 0.2) is 22.7 Å². The van der Waals surface area contributed by atoms with Crippen LogP contribution in [-0.4, -0.2) is 15.2 Å². The molecule has 0 unspecified atom stereocenters. The summed E-state index contributed by atoms with van der Waals surface area (Å²) in [5.74, 6) is 0.436. The van der Waals surface area contributed by atoms with Gasteiger partial charge in [0.25, 0.3) is 5.88 Å². The van der Waals surface area contributed by atoms with Crippen LogP contribution in [0, 0.1) is 0 Å². The SMILES string of the molecule is Clc1nnc(Cl)c(Oc2cc(Br)ccc2Cl)n1. The van der Waals surface area contributed by atoms with Crippen molar-refractivity contribution in [2.24, 2.45) is 0 Å². The average molecular weight is 355 g/mol. The number of nitrogens with zero attached hydrogens (tertiary/aromatic N) is 3. The zero-order chi connectivity index (χ0) is 12.4. The highest BCUT2D eigenvalue weighted by Crippen LogP contribution is 2.33. The Hall–Kier alpha value is -0.620. The van der Waals surface area contributed by atoms with Gasteiger partial charge in [-0.05, 0) is 29.8 Å². The van der Waals surface area contributed by atoms with E-state index >= 15 is 0 Å². The highest BCUT2D eigenvalue weighted by atomic mass is 79.9. The molecule has 1 heterocycles. The summed E-state index contributed by atoms with van der Waals surface area (Å²) in [7, 11) is 0. The Balaban J connectivity index is 2.37. The number of benzene rings is 1. The molecule has 0 saturated carbocycles. The van der Waals surface area contributed by atoms with Crippen molar-refractivity contribution >= 4 is 50.7 Å². The van der Waals surface area contributed by atoms with Gasteiger partial charge in [0.2, 0.25) is 10.4 Å². The molecule has 0 aliphatic heterocycles. The number of hydrogen-bond acceptors (Lipinski definition) is 4. The zero-order valence-electron chi connectivity index (χ0n) is 7.99. The number of aromatic nitrogens is 3. The summed E-state index contributed by atoms with van der Waals surface area (Å²) in [5.41, 5.74) is 0. The van der Waals surface area contributed by atoms with Crippen LogP contribution in [0.3, 0.4) is 0 Å². The minimum Gasteiger partial charge on any atom is -0.435 e. The summed E-state index contributed by atoms with van der Waals surface area (Å²) in [5, 5.41) is 7.40. The summed E-state index contributed by atoms with van der Waals surface area (Å²) in [6.45, 7) is 0. The van der Waals surface area contributed by atoms with E-state index in [1.54, 1.807) is 18.2 Å². The fourth-order valence-electron chi connectivity index (χ4n) is 1.00. The van der Waals surface area contributed by atoms with Crippen LogP contribution < -0.4 is 4.74 Å². The Morgan fingerprint density at radius 3 is 2.65 bits per heavy atom. The third-order valence-corrected chi connectivity index (χ3v) is 2.89. The quantitative estimate of drug-likeness (QED) is 0.802. The molecule has 8 heteroatoms. The van der Waals surface area contributed by atoms with Crippen molar-refractivity contribution < 1.29 is 4.74 Å². The van der Waals surface area contributed by atoms with Gasteiger partial charge >= 0.3 is 0 Å². The van der Waals surface area contributed by atoms with Crippen LogP contribution in [-0.2, 0) is 0 Å². The van der Waals surface area contributed by atoms with Crippen molar-refractivity contribution in [3.63, 3.8) is 0 Å². The Bertz CT molecular complexity index is 518. The lowest BCUT2D eigenvalue weighted by atomic mass is 10.3. The molecule has 0 saturated heterocycles. The van der Waals surface area contributed by atoms with Crippen molar-refractivity contribution in [3.05, 3.63) is 38.1 Å². The van der Waals surface area contributed by atoms with Crippen LogP contribution in [0.2, 0.25) is 15.5 Å². The minimum atomic E-state index is -0.0597. The molecule has 0 bridgehead atoms. The van der Waals surface area contributed by atoms with Gasteiger partial charge in [0.15, 0.2) is 0 Å². The van der Waals surface area contributed by atoms with E-state index in [0.717, 1.165) is 4.47 Å². The van der Waals surface area contributed by atoms with Crippen LogP contribution >= 0.6 is 50.7 Å². The molecule has 88 valence electrons. The van der Waals surface area contributed by atoms with Crippen molar-refractivity contribution in [2.45, 2.75) is 0 Å². The number of halogens is 4. The van der Waals surface area contributed by atoms with Crippen LogP contribution in [0.5, 0.6) is 11.6 Å². The maximum absolute atomic E-state index is 5.95. The predicted octanol–water partition coefficient (Wildman–Crippen LogP) is 4.39. The first kappa shape index (κ1) is 12.8. The van der Waals surface area contributed by atoms with E-state index in [1.807, 2.05) is 0 Å². The zero-order valence-corrected chi connectivity index (χ0v) is 11.8. The van der Waals surface area contributed by atoms with Gasteiger partial charge in [-0.15, -0.1) is 10.2 Å². The van der Waals surface area contributed by atoms with Crippen LogP contribution in [0.1, 0.15) is 0 Å². The lowest BCUT2D eigenvalue weighted by molar-refractivity contribution is 0.457. The van der Waals surface area contributed by atoms with E-state index in [0.29, 0.717) is 10.8 Å². The maximum atomic E-state index is 5.95. The topological polar surface area (TPSA) is 47.9 Å². The third kappa shape index (κ3) is 3.19. The first-order chi connectivity index (χ1) is 8.06. The minimum absolute atomic E-state index is 0.00504. The normalized spacial score (nSPS) is 10.4. The lowest BCUT2D eigenvalue weighted by Crippen LogP contribution is -1.95. The van der Waals surface area contributed by atoms with Gasteiger partial charge in [-0.25, -0.2) is 0 Å². The predicted molar refractivity (Wildman–Crippen MR) is 69.1 cm³/mol. The summed E-state index contributed by atoms with van der Waals surface area (Å²) in [6.07, 6.45) is 0. The molecule has 2 rings (SSSR count). The molecule has 17 heavy (non-hydrogen) atoms. The molecule has 0 aliphatic rings. The highest BCUT2D eigenvalue weighted by Gasteiger charge is 2.11. The fourth-order valence-corrected chi connectivity index (χ4v) is 1.73. The maximum Gasteiger partial charge on any atom is 0.262 e. The number of ether oxygens (including phenoxy) is 1. The van der Waals surface area contributed by atoms with E-state index < -0.39 is 0 Å². The van der Waals surface area contributed by atoms with E-state index in [2.05, 4.69) is 31.1 Å². The van der Waals surface area contributed by atoms with E-state index in [9.17, 15) is 0 Å². The third-order valence-electron chi connectivity index (χ3n) is 1.69. The molecule has 0 atom stereocenters. The summed E-state index contributed by atoms with van der Waals surface area (Å²) < 4.78 is 6.22. The second kappa shape index (κ2) is 5.35. The number of rotatable bonds is 2. The second-order valence-corrected chi connectivity index (χ2v) is 4.87. The lowest BCUT2D eigenvalue weighted by Gasteiger charge is -2.07. The van der Waals surface area contributed by atoms with E-state index in [1.165, 1.54) is 0 Å². The smallest absolute Gasteiger partial charge is 0.262 e. The first-order valence-electron chi connectivity index (χ1n) is 4.25. The molecular formula is C9H3BrCl3N3O. The van der Waals surface area contributed by atoms with Crippen molar-refractivity contribution in [3.8, 4) is 11.6 Å². The molecular weight excluding hydrogens is 352 g/mol. The molecule has 0 N–H and O–H groups in total. The number of hydrogen-bond donors (Lipinski definition) is 0. The molecule has 0 spiro atoms. The molecule has 0 amide bonds. The highest BCUT2D eigenvalue weighted by molar-refractivity contribution is 9.10. The van der Waals surface area contributed by atoms with Gasteiger partial charge in [0, 0.05) is 4.47 Å². The van der Waals surface area contributed by atoms with E-state index in [4.69, 9.17) is 39.5 Å². The first-order valence-corrected chi connectivity index (χ1v) is 6.17. The largest absolute Gasteiger partial charge is 0.435 e. The van der Waals surface area contributed by atoms with Crippen molar-refractivity contribution in [1.82, 2.24) is 15.2 Å². The second-order valence-electron chi connectivity index (χ2n) is 2.85. The fraction of sp³-hybridized carbons (Fsp3) is 0. The van der Waals surface area contributed by atoms with Gasteiger partial charge in [-0.2, -0.15) is 4.98 Å². The molecule has 0 aliphatic carbocycles. The van der Waals surface area contributed by atoms with Crippen LogP contribution in [0.25, 0.3) is 0 Å². The summed E-state index contributed by atoms with van der Waals surface area (Å²) in [4.78, 5) is 3.80. The Morgan fingerprint density at radius 2 is 1.88 bits per heavy atom. The molecule has 4 nitrogen and oxygen atoms in total. The molecule has 2 aromatic rings. The average Bonchev–Trinajstić information content (AvgIpc) is 2.28. The Kier molecular flexibility index (Phi) is 4.04. The molecule has 0 radical (unpaired) electrons. The Labute approximate surface area is 120 Å². The monoisotopic (exact) mass is 353 g/mol. The summed E-state index contributed by atoms with van der Waals surface area (Å²) >= 11 is 20.6. The standard InChI is InChI=1S/C9H3BrCl3N3O/c10-4-1-2-5(11)6(3-4)17-8-7(12)15-16-9(13)14-8/h1-3H. The molecule has 1 aromatic carbocycles. The Morgan fingerprint density at radius 1 is 1.12 bits per heavy atom. The molecule has 0 fully saturated rings. The van der Waals surface area contributed by atoms with Crippen molar-refractivity contribution in [2.75, 3.05) is 0 Å². The van der Waals surface area contributed by atoms with E-state index in [-0.39, 0.29) is 16.3 Å².